The number of carbonyl (C=O) groups is 1. The summed E-state index contributed by atoms with van der Waals surface area (Å²) in [5.74, 6) is 2.56. The Hall–Kier alpha value is -2.25. The standard InChI is InChI=1S/C24H43N5O3/c1-9-25-22(26-15-17(3)21-18(4)27-32-19(21)5)29-13-11-20(12-14-29)16-28(10-2)23(30)31-24(6,7)8/h17,20H,9-16H2,1-8H3,(H,25,26). The van der Waals surface area contributed by atoms with E-state index < -0.39 is 5.60 Å². The number of guanidine groups is 1. The van der Waals surface area contributed by atoms with E-state index in [2.05, 4.69) is 29.2 Å². The fraction of sp³-hybridized carbons (Fsp3) is 0.792. The summed E-state index contributed by atoms with van der Waals surface area (Å²) in [6, 6.07) is 0. The maximum absolute atomic E-state index is 12.5. The Morgan fingerprint density at radius 2 is 1.97 bits per heavy atom. The van der Waals surface area contributed by atoms with E-state index in [4.69, 9.17) is 14.3 Å². The molecule has 1 aromatic rings. The van der Waals surface area contributed by atoms with E-state index in [-0.39, 0.29) is 12.0 Å². The summed E-state index contributed by atoms with van der Waals surface area (Å²) in [5, 5.41) is 7.52. The largest absolute Gasteiger partial charge is 0.444 e. The third-order valence-electron chi connectivity index (χ3n) is 5.86. The third-order valence-corrected chi connectivity index (χ3v) is 5.86. The number of piperidine rings is 1. The number of hydrogen-bond acceptors (Lipinski definition) is 5. The molecule has 1 unspecified atom stereocenters. The van der Waals surface area contributed by atoms with Crippen LogP contribution in [0.15, 0.2) is 9.52 Å². The Bertz CT molecular complexity index is 741. The molecule has 1 aromatic heterocycles. The Labute approximate surface area is 193 Å². The summed E-state index contributed by atoms with van der Waals surface area (Å²) in [6.45, 7) is 20.7. The van der Waals surface area contributed by atoms with Crippen molar-refractivity contribution in [3.63, 3.8) is 0 Å². The maximum Gasteiger partial charge on any atom is 0.410 e. The molecule has 0 saturated carbocycles. The van der Waals surface area contributed by atoms with Gasteiger partial charge < -0.3 is 24.4 Å². The molecular formula is C24H43N5O3. The minimum Gasteiger partial charge on any atom is -0.444 e. The van der Waals surface area contributed by atoms with Crippen molar-refractivity contribution in [1.82, 2.24) is 20.3 Å². The van der Waals surface area contributed by atoms with Crippen LogP contribution in [0.1, 0.15) is 77.3 Å². The molecule has 32 heavy (non-hydrogen) atoms. The van der Waals surface area contributed by atoms with Crippen molar-refractivity contribution < 1.29 is 14.1 Å². The van der Waals surface area contributed by atoms with Gasteiger partial charge in [0.2, 0.25) is 0 Å². The topological polar surface area (TPSA) is 83.2 Å². The van der Waals surface area contributed by atoms with Crippen LogP contribution in [0.4, 0.5) is 4.79 Å². The highest BCUT2D eigenvalue weighted by molar-refractivity contribution is 5.80. The molecule has 0 radical (unpaired) electrons. The predicted molar refractivity (Wildman–Crippen MR) is 128 cm³/mol. The van der Waals surface area contributed by atoms with E-state index in [1.165, 1.54) is 0 Å². The number of hydrogen-bond donors (Lipinski definition) is 1. The lowest BCUT2D eigenvalue weighted by atomic mass is 9.96. The molecule has 1 aliphatic rings. The summed E-state index contributed by atoms with van der Waals surface area (Å²) in [5.41, 5.74) is 1.64. The Balaban J connectivity index is 1.93. The third kappa shape index (κ3) is 7.41. The number of amides is 1. The zero-order chi connectivity index (χ0) is 23.9. The van der Waals surface area contributed by atoms with Gasteiger partial charge in [-0.25, -0.2) is 4.79 Å². The molecule has 1 aliphatic heterocycles. The van der Waals surface area contributed by atoms with E-state index in [1.54, 1.807) is 0 Å². The van der Waals surface area contributed by atoms with Crippen LogP contribution in [0.2, 0.25) is 0 Å². The van der Waals surface area contributed by atoms with Gasteiger partial charge in [-0.2, -0.15) is 0 Å². The molecule has 1 saturated heterocycles. The van der Waals surface area contributed by atoms with Gasteiger partial charge in [-0.15, -0.1) is 0 Å². The smallest absolute Gasteiger partial charge is 0.410 e. The van der Waals surface area contributed by atoms with Crippen molar-refractivity contribution in [2.24, 2.45) is 10.9 Å². The molecule has 182 valence electrons. The second-order valence-electron chi connectivity index (χ2n) is 9.78. The minimum atomic E-state index is -0.466. The lowest BCUT2D eigenvalue weighted by Gasteiger charge is -2.36. The molecule has 0 spiro atoms. The van der Waals surface area contributed by atoms with Crippen LogP contribution in [0.3, 0.4) is 0 Å². The number of ether oxygens (including phenoxy) is 1. The molecule has 8 nitrogen and oxygen atoms in total. The molecular weight excluding hydrogens is 406 g/mol. The van der Waals surface area contributed by atoms with Crippen LogP contribution in [-0.4, -0.2) is 71.9 Å². The van der Waals surface area contributed by atoms with Gasteiger partial charge in [0.15, 0.2) is 5.96 Å². The highest BCUT2D eigenvalue weighted by atomic mass is 16.6. The Kier molecular flexibility index (Phi) is 9.40. The molecule has 2 heterocycles. The number of likely N-dealkylation sites (tertiary alicyclic amines) is 1. The van der Waals surface area contributed by atoms with Gasteiger partial charge >= 0.3 is 6.09 Å². The molecule has 0 bridgehead atoms. The maximum atomic E-state index is 12.5. The number of carbonyl (C=O) groups excluding carboxylic acids is 1. The SMILES string of the molecule is CCNC(=NCC(C)c1c(C)noc1C)N1CCC(CN(CC)C(=O)OC(C)(C)C)CC1. The summed E-state index contributed by atoms with van der Waals surface area (Å²) in [4.78, 5) is 21.6. The van der Waals surface area contributed by atoms with Crippen molar-refractivity contribution in [3.8, 4) is 0 Å². The van der Waals surface area contributed by atoms with Gasteiger partial charge in [-0.3, -0.25) is 4.99 Å². The molecule has 1 amide bonds. The van der Waals surface area contributed by atoms with E-state index in [0.29, 0.717) is 19.0 Å². The number of aryl methyl sites for hydroxylation is 2. The van der Waals surface area contributed by atoms with Crippen LogP contribution in [0, 0.1) is 19.8 Å². The minimum absolute atomic E-state index is 0.217. The van der Waals surface area contributed by atoms with Crippen molar-refractivity contribution in [1.29, 1.82) is 0 Å². The number of rotatable bonds is 7. The lowest BCUT2D eigenvalue weighted by Crippen LogP contribution is -2.48. The number of aliphatic imine (C=N–C) groups is 1. The lowest BCUT2D eigenvalue weighted by molar-refractivity contribution is 0.0214. The monoisotopic (exact) mass is 449 g/mol. The fourth-order valence-electron chi connectivity index (χ4n) is 4.23. The van der Waals surface area contributed by atoms with Crippen LogP contribution in [0.5, 0.6) is 0 Å². The van der Waals surface area contributed by atoms with Crippen molar-refractivity contribution in [2.45, 2.75) is 79.8 Å². The van der Waals surface area contributed by atoms with E-state index in [9.17, 15) is 4.79 Å². The van der Waals surface area contributed by atoms with Crippen LogP contribution in [-0.2, 0) is 4.74 Å². The van der Waals surface area contributed by atoms with Crippen LogP contribution in [0.25, 0.3) is 0 Å². The van der Waals surface area contributed by atoms with Gasteiger partial charge in [0, 0.05) is 50.7 Å². The Morgan fingerprint density at radius 3 is 2.47 bits per heavy atom. The summed E-state index contributed by atoms with van der Waals surface area (Å²) >= 11 is 0. The van der Waals surface area contributed by atoms with Gasteiger partial charge in [-0.05, 0) is 67.2 Å². The molecule has 0 aliphatic carbocycles. The zero-order valence-electron chi connectivity index (χ0n) is 21.3. The average Bonchev–Trinajstić information content (AvgIpc) is 3.06. The molecule has 1 atom stereocenters. The first kappa shape index (κ1) is 26.0. The molecule has 2 rings (SSSR count). The summed E-state index contributed by atoms with van der Waals surface area (Å²) in [6.07, 6.45) is 1.84. The Morgan fingerprint density at radius 1 is 1.31 bits per heavy atom. The second-order valence-corrected chi connectivity index (χ2v) is 9.78. The van der Waals surface area contributed by atoms with Crippen molar-refractivity contribution in [2.75, 3.05) is 39.3 Å². The first-order valence-electron chi connectivity index (χ1n) is 12.0. The van der Waals surface area contributed by atoms with E-state index >= 15 is 0 Å². The van der Waals surface area contributed by atoms with Crippen molar-refractivity contribution >= 4 is 12.1 Å². The summed E-state index contributed by atoms with van der Waals surface area (Å²) < 4.78 is 10.9. The first-order valence-corrected chi connectivity index (χ1v) is 12.0. The highest BCUT2D eigenvalue weighted by Gasteiger charge is 2.27. The average molecular weight is 450 g/mol. The number of nitrogens with one attached hydrogen (secondary N) is 1. The quantitative estimate of drug-likeness (QED) is 0.493. The van der Waals surface area contributed by atoms with Crippen LogP contribution < -0.4 is 5.32 Å². The normalized spacial score (nSPS) is 16.8. The number of aromatic nitrogens is 1. The van der Waals surface area contributed by atoms with Gasteiger partial charge in [0.1, 0.15) is 11.4 Å². The molecule has 8 heteroatoms. The fourth-order valence-corrected chi connectivity index (χ4v) is 4.23. The molecule has 1 fully saturated rings. The summed E-state index contributed by atoms with van der Waals surface area (Å²) in [7, 11) is 0. The van der Waals surface area contributed by atoms with Crippen molar-refractivity contribution in [3.05, 3.63) is 17.0 Å². The van der Waals surface area contributed by atoms with Gasteiger partial charge in [0.25, 0.3) is 0 Å². The second kappa shape index (κ2) is 11.6. The van der Waals surface area contributed by atoms with E-state index in [1.807, 2.05) is 46.4 Å². The van der Waals surface area contributed by atoms with Crippen LogP contribution >= 0.6 is 0 Å². The highest BCUT2D eigenvalue weighted by Crippen LogP contribution is 2.24. The van der Waals surface area contributed by atoms with E-state index in [0.717, 1.165) is 62.0 Å². The molecule has 1 N–H and O–H groups in total. The predicted octanol–water partition coefficient (Wildman–Crippen LogP) is 4.33. The number of nitrogens with zero attached hydrogens (tertiary/aromatic N) is 4. The van der Waals surface area contributed by atoms with Gasteiger partial charge in [0.05, 0.1) is 5.69 Å². The first-order chi connectivity index (χ1) is 15.1. The van der Waals surface area contributed by atoms with Gasteiger partial charge in [-0.1, -0.05) is 12.1 Å². The zero-order valence-corrected chi connectivity index (χ0v) is 21.3. The molecule has 0 aromatic carbocycles.